The van der Waals surface area contributed by atoms with Crippen molar-refractivity contribution < 1.29 is 19.1 Å². The number of carbonyl (C=O) groups is 2. The quantitative estimate of drug-likeness (QED) is 0.715. The van der Waals surface area contributed by atoms with Crippen LogP contribution in [0, 0.1) is 0 Å². The number of hydrogen-bond donors (Lipinski definition) is 0. The summed E-state index contributed by atoms with van der Waals surface area (Å²) in [6.07, 6.45) is 2.81. The molecule has 0 radical (unpaired) electrons. The molecule has 3 heterocycles. The van der Waals surface area contributed by atoms with E-state index in [1.165, 1.54) is 0 Å². The van der Waals surface area contributed by atoms with Gasteiger partial charge in [0.2, 0.25) is 5.91 Å². The molecule has 0 aromatic heterocycles. The fourth-order valence-corrected chi connectivity index (χ4v) is 5.47. The molecule has 3 aliphatic rings. The molecule has 0 spiro atoms. The third kappa shape index (κ3) is 3.33. The standard InChI is InChI=1S/C26H30N2O4/c1-3-31-21-15-17-11-14-28-24(20(17)16-22(21)32-4-2)23(26(30)27-12-7-8-13-27)18-9-5-6-10-19(18)25(28)29/h5-6,9-10,15-16,23-24H,3-4,7-8,11-14H2,1-2H3/t23-,24+/m1/s1. The minimum absolute atomic E-state index is 0.00793. The van der Waals surface area contributed by atoms with Gasteiger partial charge in [-0.3, -0.25) is 9.59 Å². The average Bonchev–Trinajstić information content (AvgIpc) is 3.35. The summed E-state index contributed by atoms with van der Waals surface area (Å²) < 4.78 is 11.7. The monoisotopic (exact) mass is 434 g/mol. The SMILES string of the molecule is CCOc1cc2c(cc1OCC)[C@H]1[C@H](C(=O)N3CCCC3)c3ccccc3C(=O)N1CC2. The molecule has 0 aliphatic carbocycles. The first-order chi connectivity index (χ1) is 15.6. The molecule has 32 heavy (non-hydrogen) atoms. The topological polar surface area (TPSA) is 59.1 Å². The van der Waals surface area contributed by atoms with Crippen molar-refractivity contribution in [3.63, 3.8) is 0 Å². The molecule has 1 saturated heterocycles. The Morgan fingerprint density at radius 1 is 0.969 bits per heavy atom. The van der Waals surface area contributed by atoms with E-state index in [1.54, 1.807) is 0 Å². The summed E-state index contributed by atoms with van der Waals surface area (Å²) in [6.45, 7) is 7.15. The first-order valence-electron chi connectivity index (χ1n) is 11.7. The van der Waals surface area contributed by atoms with Crippen molar-refractivity contribution >= 4 is 11.8 Å². The lowest BCUT2D eigenvalue weighted by atomic mass is 9.75. The highest BCUT2D eigenvalue weighted by atomic mass is 16.5. The predicted octanol–water partition coefficient (Wildman–Crippen LogP) is 3.94. The normalized spacial score (nSPS) is 21.6. The summed E-state index contributed by atoms with van der Waals surface area (Å²) >= 11 is 0. The van der Waals surface area contributed by atoms with Gasteiger partial charge in [0.1, 0.15) is 0 Å². The number of carbonyl (C=O) groups excluding carboxylic acids is 2. The fraction of sp³-hybridized carbons (Fsp3) is 0.462. The van der Waals surface area contributed by atoms with E-state index in [4.69, 9.17) is 9.47 Å². The molecule has 0 saturated carbocycles. The van der Waals surface area contributed by atoms with Gasteiger partial charge in [-0.2, -0.15) is 0 Å². The van der Waals surface area contributed by atoms with Gasteiger partial charge in [0.15, 0.2) is 11.5 Å². The van der Waals surface area contributed by atoms with Gasteiger partial charge in [-0.05, 0) is 68.0 Å². The van der Waals surface area contributed by atoms with E-state index in [-0.39, 0.29) is 17.9 Å². The van der Waals surface area contributed by atoms with E-state index in [0.717, 1.165) is 54.8 Å². The highest BCUT2D eigenvalue weighted by Crippen LogP contribution is 2.49. The Bertz CT molecular complexity index is 1040. The number of ether oxygens (including phenoxy) is 2. The third-order valence-corrected chi connectivity index (χ3v) is 6.87. The molecule has 0 N–H and O–H groups in total. The fourth-order valence-electron chi connectivity index (χ4n) is 5.47. The minimum atomic E-state index is -0.409. The second-order valence-electron chi connectivity index (χ2n) is 8.65. The van der Waals surface area contributed by atoms with Crippen LogP contribution < -0.4 is 9.47 Å². The van der Waals surface area contributed by atoms with Crippen LogP contribution in [0.3, 0.4) is 0 Å². The molecular weight excluding hydrogens is 404 g/mol. The van der Waals surface area contributed by atoms with Crippen LogP contribution in [0.5, 0.6) is 11.5 Å². The maximum absolute atomic E-state index is 13.8. The van der Waals surface area contributed by atoms with Crippen LogP contribution in [0.1, 0.15) is 65.7 Å². The second kappa shape index (κ2) is 8.49. The Balaban J connectivity index is 1.67. The van der Waals surface area contributed by atoms with E-state index < -0.39 is 5.92 Å². The van der Waals surface area contributed by atoms with Crippen molar-refractivity contribution in [2.45, 2.75) is 45.1 Å². The van der Waals surface area contributed by atoms with E-state index in [0.29, 0.717) is 31.1 Å². The molecule has 6 nitrogen and oxygen atoms in total. The van der Waals surface area contributed by atoms with Crippen LogP contribution in [0.15, 0.2) is 36.4 Å². The van der Waals surface area contributed by atoms with E-state index in [1.807, 2.05) is 60.0 Å². The van der Waals surface area contributed by atoms with Crippen molar-refractivity contribution in [1.82, 2.24) is 9.80 Å². The third-order valence-electron chi connectivity index (χ3n) is 6.87. The lowest BCUT2D eigenvalue weighted by molar-refractivity contribution is -0.133. The maximum Gasteiger partial charge on any atom is 0.254 e. The first kappa shape index (κ1) is 20.9. The molecule has 168 valence electrons. The highest BCUT2D eigenvalue weighted by molar-refractivity contribution is 6.01. The smallest absolute Gasteiger partial charge is 0.254 e. The zero-order valence-corrected chi connectivity index (χ0v) is 18.8. The molecular formula is C26H30N2O4. The van der Waals surface area contributed by atoms with Crippen molar-refractivity contribution in [2.24, 2.45) is 0 Å². The second-order valence-corrected chi connectivity index (χ2v) is 8.65. The van der Waals surface area contributed by atoms with Crippen LogP contribution in [-0.2, 0) is 11.2 Å². The number of hydrogen-bond acceptors (Lipinski definition) is 4. The first-order valence-corrected chi connectivity index (χ1v) is 11.7. The van der Waals surface area contributed by atoms with Gasteiger partial charge in [-0.1, -0.05) is 18.2 Å². The van der Waals surface area contributed by atoms with E-state index in [2.05, 4.69) is 0 Å². The summed E-state index contributed by atoms with van der Waals surface area (Å²) in [6, 6.07) is 11.3. The van der Waals surface area contributed by atoms with Crippen LogP contribution in [0.2, 0.25) is 0 Å². The number of amides is 2. The molecule has 0 bridgehead atoms. The van der Waals surface area contributed by atoms with Crippen molar-refractivity contribution in [3.8, 4) is 11.5 Å². The van der Waals surface area contributed by atoms with Gasteiger partial charge in [0.05, 0.1) is 25.2 Å². The Labute approximate surface area is 189 Å². The molecule has 1 fully saturated rings. The Kier molecular flexibility index (Phi) is 5.53. The van der Waals surface area contributed by atoms with Gasteiger partial charge in [-0.25, -0.2) is 0 Å². The van der Waals surface area contributed by atoms with Gasteiger partial charge < -0.3 is 19.3 Å². The summed E-state index contributed by atoms with van der Waals surface area (Å²) in [5, 5.41) is 0. The Morgan fingerprint density at radius 3 is 2.38 bits per heavy atom. The lowest BCUT2D eigenvalue weighted by Gasteiger charge is -2.46. The van der Waals surface area contributed by atoms with Gasteiger partial charge in [0.25, 0.3) is 5.91 Å². The number of fused-ring (bicyclic) bond motifs is 4. The number of benzene rings is 2. The molecule has 6 heteroatoms. The summed E-state index contributed by atoms with van der Waals surface area (Å²) in [7, 11) is 0. The van der Waals surface area contributed by atoms with Crippen LogP contribution in [0.25, 0.3) is 0 Å². The molecule has 3 aliphatic heterocycles. The van der Waals surface area contributed by atoms with Crippen molar-refractivity contribution in [1.29, 1.82) is 0 Å². The summed E-state index contributed by atoms with van der Waals surface area (Å²) in [5.74, 6) is 1.12. The zero-order valence-electron chi connectivity index (χ0n) is 18.8. The largest absolute Gasteiger partial charge is 0.490 e. The number of rotatable bonds is 5. The van der Waals surface area contributed by atoms with Gasteiger partial charge >= 0.3 is 0 Å². The van der Waals surface area contributed by atoms with Crippen LogP contribution >= 0.6 is 0 Å². The minimum Gasteiger partial charge on any atom is -0.490 e. The molecule has 2 amide bonds. The van der Waals surface area contributed by atoms with Crippen LogP contribution in [-0.4, -0.2) is 54.5 Å². The van der Waals surface area contributed by atoms with Gasteiger partial charge in [-0.15, -0.1) is 0 Å². The highest BCUT2D eigenvalue weighted by Gasteiger charge is 2.47. The predicted molar refractivity (Wildman–Crippen MR) is 121 cm³/mol. The van der Waals surface area contributed by atoms with Gasteiger partial charge in [0, 0.05) is 25.2 Å². The van der Waals surface area contributed by atoms with Crippen molar-refractivity contribution in [3.05, 3.63) is 58.7 Å². The molecule has 2 aromatic rings. The average molecular weight is 435 g/mol. The number of likely N-dealkylation sites (tertiary alicyclic amines) is 1. The molecule has 2 atom stereocenters. The number of nitrogens with zero attached hydrogens (tertiary/aromatic N) is 2. The molecule has 0 unspecified atom stereocenters. The van der Waals surface area contributed by atoms with E-state index >= 15 is 0 Å². The Morgan fingerprint density at radius 2 is 1.66 bits per heavy atom. The lowest BCUT2D eigenvalue weighted by Crippen LogP contribution is -2.50. The molecule has 5 rings (SSSR count). The molecule has 2 aromatic carbocycles. The maximum atomic E-state index is 13.8. The van der Waals surface area contributed by atoms with E-state index in [9.17, 15) is 9.59 Å². The summed E-state index contributed by atoms with van der Waals surface area (Å²) in [4.78, 5) is 31.2. The zero-order chi connectivity index (χ0) is 22.2. The van der Waals surface area contributed by atoms with Crippen molar-refractivity contribution in [2.75, 3.05) is 32.8 Å². The Hall–Kier alpha value is -3.02. The summed E-state index contributed by atoms with van der Waals surface area (Å²) in [5.41, 5.74) is 3.63. The van der Waals surface area contributed by atoms with Crippen LogP contribution in [0.4, 0.5) is 0 Å².